The number of hydrogen-bond acceptors (Lipinski definition) is 5. The van der Waals surface area contributed by atoms with E-state index in [0.717, 1.165) is 0 Å². The van der Waals surface area contributed by atoms with Gasteiger partial charge in [-0.05, 0) is 5.56 Å². The van der Waals surface area contributed by atoms with Crippen molar-refractivity contribution in [1.82, 2.24) is 4.31 Å². The lowest BCUT2D eigenvalue weighted by Gasteiger charge is -2.26. The second kappa shape index (κ2) is 5.64. The van der Waals surface area contributed by atoms with E-state index >= 15 is 0 Å². The van der Waals surface area contributed by atoms with Gasteiger partial charge in [0.1, 0.15) is 0 Å². The molecule has 19 heavy (non-hydrogen) atoms. The molecule has 0 N–H and O–H groups in total. The zero-order chi connectivity index (χ0) is 13.9. The number of nitrogens with zero attached hydrogens (tertiary/aromatic N) is 2. The highest BCUT2D eigenvalue weighted by atomic mass is 32.2. The van der Waals surface area contributed by atoms with Crippen LogP contribution in [0.5, 0.6) is 0 Å². The van der Waals surface area contributed by atoms with E-state index in [9.17, 15) is 18.5 Å². The molecule has 7 nitrogen and oxygen atoms in total. The molecule has 1 fully saturated rings. The molecule has 1 aromatic carbocycles. The van der Waals surface area contributed by atoms with Crippen molar-refractivity contribution in [1.29, 1.82) is 0 Å². The normalized spacial score (nSPS) is 17.3. The fraction of sp³-hybridized carbons (Fsp3) is 0.455. The van der Waals surface area contributed by atoms with Gasteiger partial charge in [-0.2, -0.15) is 4.31 Å². The summed E-state index contributed by atoms with van der Waals surface area (Å²) in [4.78, 5) is 10.1. The van der Waals surface area contributed by atoms with E-state index in [1.807, 2.05) is 0 Å². The van der Waals surface area contributed by atoms with Gasteiger partial charge in [-0.1, -0.05) is 12.1 Å². The Hall–Kier alpha value is -1.51. The first kappa shape index (κ1) is 13.9. The quantitative estimate of drug-likeness (QED) is 0.602. The highest BCUT2D eigenvalue weighted by molar-refractivity contribution is 7.88. The minimum atomic E-state index is -3.45. The van der Waals surface area contributed by atoms with Gasteiger partial charge in [-0.15, -0.1) is 0 Å². The fourth-order valence-corrected chi connectivity index (χ4v) is 3.38. The summed E-state index contributed by atoms with van der Waals surface area (Å²) < 4.78 is 30.7. The number of ether oxygens (including phenoxy) is 1. The Bertz CT molecular complexity index is 566. The van der Waals surface area contributed by atoms with Crippen molar-refractivity contribution in [3.63, 3.8) is 0 Å². The van der Waals surface area contributed by atoms with E-state index < -0.39 is 14.9 Å². The zero-order valence-electron chi connectivity index (χ0n) is 10.2. The molecule has 1 aliphatic rings. The largest absolute Gasteiger partial charge is 0.379 e. The smallest absolute Gasteiger partial charge is 0.269 e. The maximum atomic E-state index is 12.1. The van der Waals surface area contributed by atoms with Crippen molar-refractivity contribution in [2.75, 3.05) is 26.3 Å². The molecule has 0 unspecified atom stereocenters. The number of sulfonamides is 1. The lowest BCUT2D eigenvalue weighted by atomic mass is 10.2. The van der Waals surface area contributed by atoms with Gasteiger partial charge < -0.3 is 4.74 Å². The van der Waals surface area contributed by atoms with Crippen molar-refractivity contribution in [2.45, 2.75) is 5.75 Å². The molecule has 1 aromatic rings. The molecule has 2 rings (SSSR count). The lowest BCUT2D eigenvalue weighted by molar-refractivity contribution is -0.384. The van der Waals surface area contributed by atoms with Gasteiger partial charge in [0.25, 0.3) is 5.69 Å². The molecule has 0 aromatic heterocycles. The van der Waals surface area contributed by atoms with Crippen LogP contribution in [0.15, 0.2) is 24.3 Å². The van der Waals surface area contributed by atoms with Gasteiger partial charge in [-0.25, -0.2) is 8.42 Å². The zero-order valence-corrected chi connectivity index (χ0v) is 11.0. The maximum absolute atomic E-state index is 12.1. The summed E-state index contributed by atoms with van der Waals surface area (Å²) in [5, 5.41) is 10.6. The molecule has 0 amide bonds. The Balaban J connectivity index is 2.15. The standard InChI is InChI=1S/C11H14N2O5S/c14-13(15)11-3-1-2-10(8-11)9-19(16,17)12-4-6-18-7-5-12/h1-3,8H,4-7,9H2. The SMILES string of the molecule is O=[N+]([O-])c1cccc(CS(=O)(=O)N2CCOCC2)c1. The first-order chi connectivity index (χ1) is 8.99. The third kappa shape index (κ3) is 3.49. The summed E-state index contributed by atoms with van der Waals surface area (Å²) in [6.45, 7) is 1.43. The number of morpholine rings is 1. The highest BCUT2D eigenvalue weighted by Gasteiger charge is 2.25. The van der Waals surface area contributed by atoms with Gasteiger partial charge in [0.05, 0.1) is 23.9 Å². The van der Waals surface area contributed by atoms with Crippen LogP contribution in [0.3, 0.4) is 0 Å². The average Bonchev–Trinajstić information content (AvgIpc) is 2.39. The molecular weight excluding hydrogens is 272 g/mol. The Morgan fingerprint density at radius 2 is 2.00 bits per heavy atom. The van der Waals surface area contributed by atoms with E-state index in [4.69, 9.17) is 4.74 Å². The predicted molar refractivity (Wildman–Crippen MR) is 68.1 cm³/mol. The minimum absolute atomic E-state index is 0.102. The van der Waals surface area contributed by atoms with Crippen molar-refractivity contribution in [2.24, 2.45) is 0 Å². The number of benzene rings is 1. The molecule has 1 heterocycles. The van der Waals surface area contributed by atoms with Crippen LogP contribution in [0.1, 0.15) is 5.56 Å². The van der Waals surface area contributed by atoms with Crippen LogP contribution < -0.4 is 0 Å². The van der Waals surface area contributed by atoms with Crippen LogP contribution in [0.25, 0.3) is 0 Å². The van der Waals surface area contributed by atoms with E-state index in [0.29, 0.717) is 31.9 Å². The van der Waals surface area contributed by atoms with Crippen LogP contribution >= 0.6 is 0 Å². The monoisotopic (exact) mass is 286 g/mol. The minimum Gasteiger partial charge on any atom is -0.379 e. The number of nitro benzene ring substituents is 1. The van der Waals surface area contributed by atoms with Crippen LogP contribution in [0.4, 0.5) is 5.69 Å². The van der Waals surface area contributed by atoms with Crippen molar-refractivity contribution >= 4 is 15.7 Å². The Labute approximate surface area is 111 Å². The average molecular weight is 286 g/mol. The van der Waals surface area contributed by atoms with Crippen LogP contribution in [-0.2, 0) is 20.5 Å². The molecule has 0 atom stereocenters. The molecule has 0 bridgehead atoms. The number of hydrogen-bond donors (Lipinski definition) is 0. The van der Waals surface area contributed by atoms with Crippen molar-refractivity contribution in [3.05, 3.63) is 39.9 Å². The second-order valence-corrected chi connectivity index (χ2v) is 6.16. The van der Waals surface area contributed by atoms with Gasteiger partial charge in [0.2, 0.25) is 10.0 Å². The fourth-order valence-electron chi connectivity index (χ4n) is 1.89. The third-order valence-corrected chi connectivity index (χ3v) is 4.68. The maximum Gasteiger partial charge on any atom is 0.269 e. The molecule has 104 valence electrons. The highest BCUT2D eigenvalue weighted by Crippen LogP contribution is 2.17. The summed E-state index contributed by atoms with van der Waals surface area (Å²) in [5.41, 5.74) is 0.315. The second-order valence-electron chi connectivity index (χ2n) is 4.19. The topological polar surface area (TPSA) is 89.8 Å². The first-order valence-corrected chi connectivity index (χ1v) is 7.39. The van der Waals surface area contributed by atoms with Crippen molar-refractivity contribution in [3.8, 4) is 0 Å². The van der Waals surface area contributed by atoms with Crippen LogP contribution in [0.2, 0.25) is 0 Å². The summed E-state index contributed by atoms with van der Waals surface area (Å²) in [6, 6.07) is 5.69. The number of rotatable bonds is 4. The van der Waals surface area contributed by atoms with Crippen LogP contribution in [-0.4, -0.2) is 43.9 Å². The van der Waals surface area contributed by atoms with Gasteiger partial charge in [0.15, 0.2) is 0 Å². The van der Waals surface area contributed by atoms with Gasteiger partial charge in [0, 0.05) is 25.2 Å². The summed E-state index contributed by atoms with van der Waals surface area (Å²) in [5.74, 6) is -0.228. The molecule has 1 saturated heterocycles. The van der Waals surface area contributed by atoms with Gasteiger partial charge >= 0.3 is 0 Å². The Morgan fingerprint density at radius 1 is 1.32 bits per heavy atom. The Kier molecular flexibility index (Phi) is 4.13. The summed E-state index contributed by atoms with van der Waals surface area (Å²) >= 11 is 0. The summed E-state index contributed by atoms with van der Waals surface area (Å²) in [6.07, 6.45) is 0. The van der Waals surface area contributed by atoms with E-state index in [-0.39, 0.29) is 11.4 Å². The third-order valence-electron chi connectivity index (χ3n) is 2.83. The number of nitro groups is 1. The summed E-state index contributed by atoms with van der Waals surface area (Å²) in [7, 11) is -3.45. The Morgan fingerprint density at radius 3 is 2.63 bits per heavy atom. The molecule has 0 saturated carbocycles. The molecule has 1 aliphatic heterocycles. The van der Waals surface area contributed by atoms with Crippen molar-refractivity contribution < 1.29 is 18.1 Å². The van der Waals surface area contributed by atoms with E-state index in [1.165, 1.54) is 22.5 Å². The molecule has 0 aliphatic carbocycles. The molecule has 0 spiro atoms. The lowest BCUT2D eigenvalue weighted by Crippen LogP contribution is -2.41. The van der Waals surface area contributed by atoms with Crippen LogP contribution in [0, 0.1) is 10.1 Å². The molecular formula is C11H14N2O5S. The van der Waals surface area contributed by atoms with Gasteiger partial charge in [-0.3, -0.25) is 10.1 Å². The first-order valence-electron chi connectivity index (χ1n) is 5.78. The van der Waals surface area contributed by atoms with E-state index in [2.05, 4.69) is 0 Å². The van der Waals surface area contributed by atoms with E-state index in [1.54, 1.807) is 6.07 Å². The molecule has 0 radical (unpaired) electrons. The molecule has 8 heteroatoms. The number of non-ortho nitro benzene ring substituents is 1. The predicted octanol–water partition coefficient (Wildman–Crippen LogP) is 0.757.